The van der Waals surface area contributed by atoms with E-state index in [1.54, 1.807) is 87.6 Å². The smallest absolute Gasteiger partial charge is 0.355 e. The number of aliphatic imine (C=N–C) groups is 1. The zero-order valence-corrected chi connectivity index (χ0v) is 52.4. The number of ether oxygens (including phenoxy) is 2. The fourth-order valence-electron chi connectivity index (χ4n) is 10.9. The number of benzene rings is 3. The molecule has 1 fully saturated rings. The number of aromatic nitrogens is 2. The quantitative estimate of drug-likeness (QED) is 0.0151. The fourth-order valence-corrected chi connectivity index (χ4v) is 10.9. The van der Waals surface area contributed by atoms with E-state index < -0.39 is 125 Å². The molecule has 2 aromatic heterocycles. The van der Waals surface area contributed by atoms with Crippen LogP contribution in [0.4, 0.5) is 0 Å². The van der Waals surface area contributed by atoms with Gasteiger partial charge in [0.05, 0.1) is 48.2 Å². The molecular weight excluding hydrogens is 1200 g/mol. The van der Waals surface area contributed by atoms with Crippen molar-refractivity contribution in [3.63, 3.8) is 0 Å². The number of carbonyl (C=O) groups is 10. The first-order valence-electron chi connectivity index (χ1n) is 30.5. The minimum absolute atomic E-state index is 0.0103. The van der Waals surface area contributed by atoms with Crippen molar-refractivity contribution in [3.05, 3.63) is 134 Å². The molecule has 0 spiro atoms. The zero-order valence-electron chi connectivity index (χ0n) is 52.4. The summed E-state index contributed by atoms with van der Waals surface area (Å²) < 4.78 is 13.3. The van der Waals surface area contributed by atoms with Crippen molar-refractivity contribution in [2.75, 3.05) is 13.1 Å². The SMILES string of the molecule is CC[C@@]1(OC(=O)[C@@H](NC(=O)CCC(=O)NCc2ccc(C[C@@H]3NC(=O)[C@H](Cc4ccccc4)NC(=O)[C@H](CC(=O)O)NC(=O)CNC(=O)[C@H](CCCN=C(N)N)NC3=O)cc2)C(C)C)C(=O)OCc2c1cc1n(c2=O)Cc2c-1nc1ccccc1c2/C=N/OC(C)(C)C. The average molecular weight is 1280 g/mol. The number of nitrogens with one attached hydrogen (secondary N) is 7. The maximum atomic E-state index is 14.5. The molecule has 3 aliphatic rings. The molecule has 12 N–H and O–H groups in total. The highest BCUT2D eigenvalue weighted by molar-refractivity contribution is 6.03. The summed E-state index contributed by atoms with van der Waals surface area (Å²) in [6, 6.07) is 17.1. The molecule has 0 radical (unpaired) electrons. The lowest BCUT2D eigenvalue weighted by atomic mass is 9.85. The number of nitrogens with two attached hydrogens (primary N) is 2. The number of carboxylic acids is 1. The van der Waals surface area contributed by atoms with E-state index in [0.717, 1.165) is 5.39 Å². The first-order valence-corrected chi connectivity index (χ1v) is 30.5. The highest BCUT2D eigenvalue weighted by Crippen LogP contribution is 2.42. The molecule has 8 rings (SSSR count). The van der Waals surface area contributed by atoms with E-state index in [1.807, 2.05) is 45.0 Å². The fraction of sp³-hybridized carbons (Fsp3) is 0.415. The van der Waals surface area contributed by atoms with Crippen LogP contribution in [0.25, 0.3) is 22.3 Å². The lowest BCUT2D eigenvalue weighted by Gasteiger charge is -2.37. The van der Waals surface area contributed by atoms with Crippen LogP contribution in [0.2, 0.25) is 0 Å². The average Bonchev–Trinajstić information content (AvgIpc) is 1.63. The molecular formula is C65H77N13O15. The lowest BCUT2D eigenvalue weighted by molar-refractivity contribution is -0.191. The first kappa shape index (κ1) is 68.4. The number of cyclic esters (lactones) is 1. The predicted molar refractivity (Wildman–Crippen MR) is 338 cm³/mol. The Balaban J connectivity index is 0.929. The molecule has 3 aliphatic heterocycles. The summed E-state index contributed by atoms with van der Waals surface area (Å²) in [5.41, 5.74) is 12.6. The van der Waals surface area contributed by atoms with Crippen LogP contribution in [-0.2, 0) is 100 Å². The summed E-state index contributed by atoms with van der Waals surface area (Å²) in [5, 5.41) is 32.7. The Morgan fingerprint density at radius 1 is 0.806 bits per heavy atom. The minimum atomic E-state index is -2.09. The Morgan fingerprint density at radius 3 is 2.08 bits per heavy atom. The van der Waals surface area contributed by atoms with Crippen molar-refractivity contribution in [3.8, 4) is 11.4 Å². The second-order valence-electron chi connectivity index (χ2n) is 24.1. The molecule has 6 atom stereocenters. The highest BCUT2D eigenvalue weighted by Gasteiger charge is 2.52. The molecule has 0 bridgehead atoms. The number of para-hydroxylation sites is 1. The van der Waals surface area contributed by atoms with Crippen molar-refractivity contribution in [2.24, 2.45) is 27.5 Å². The molecule has 7 amide bonds. The van der Waals surface area contributed by atoms with E-state index in [2.05, 4.69) is 47.4 Å². The third kappa shape index (κ3) is 17.3. The van der Waals surface area contributed by atoms with E-state index in [4.69, 9.17) is 30.8 Å². The van der Waals surface area contributed by atoms with Crippen LogP contribution in [-0.4, -0.2) is 135 Å². The third-order valence-electron chi connectivity index (χ3n) is 15.7. The lowest BCUT2D eigenvalue weighted by Crippen LogP contribution is -2.58. The Bertz CT molecular complexity index is 3820. The molecule has 1 saturated heterocycles. The van der Waals surface area contributed by atoms with E-state index in [1.165, 1.54) is 4.57 Å². The number of fused-ring (bicyclic) bond motifs is 5. The van der Waals surface area contributed by atoms with Crippen molar-refractivity contribution in [1.29, 1.82) is 0 Å². The van der Waals surface area contributed by atoms with Crippen LogP contribution in [0.5, 0.6) is 0 Å². The van der Waals surface area contributed by atoms with Gasteiger partial charge in [0, 0.05) is 60.8 Å². The number of rotatable bonds is 22. The van der Waals surface area contributed by atoms with Crippen molar-refractivity contribution >= 4 is 82.3 Å². The van der Waals surface area contributed by atoms with Gasteiger partial charge in [-0.3, -0.25) is 48.1 Å². The van der Waals surface area contributed by atoms with Crippen LogP contribution in [0.15, 0.2) is 99.9 Å². The maximum Gasteiger partial charge on any atom is 0.355 e. The van der Waals surface area contributed by atoms with Crippen LogP contribution >= 0.6 is 0 Å². The van der Waals surface area contributed by atoms with E-state index in [0.29, 0.717) is 44.7 Å². The monoisotopic (exact) mass is 1280 g/mol. The van der Waals surface area contributed by atoms with E-state index in [9.17, 15) is 57.8 Å². The maximum absolute atomic E-state index is 14.5. The molecule has 492 valence electrons. The van der Waals surface area contributed by atoms with Gasteiger partial charge >= 0.3 is 17.9 Å². The zero-order chi connectivity index (χ0) is 67.3. The second kappa shape index (κ2) is 30.1. The van der Waals surface area contributed by atoms with Gasteiger partial charge in [-0.25, -0.2) is 14.6 Å². The normalized spacial score (nSPS) is 19.6. The number of oxime groups is 1. The number of aliphatic carboxylic acids is 1. The number of carboxylic acid groups (broad SMARTS) is 1. The first-order chi connectivity index (χ1) is 44.2. The second-order valence-corrected chi connectivity index (χ2v) is 24.1. The van der Waals surface area contributed by atoms with Gasteiger partial charge in [-0.15, -0.1) is 0 Å². The standard InChI is InChI=1S/C65H77N13O15/c1-7-65(43-28-49-55-41(33-78(49)60(88)42(43)34-91-62(65)90)40(31-71-93-64(4,5)6)39-16-11-12-17-44(39)73-55)92-61(89)54(35(2)3)77-51(80)24-23-50(79)69-30-38-21-19-37(20-22-38)27-47-57(85)74-45(18-13-25-68-63(66)67)56(84)70-32-52(81)72-48(29-53(82)83)59(87)76-46(58(86)75-47)26-36-14-9-8-10-15-36/h8-12,14-17,19-22,28,31,35,45-48,54H,7,13,18,23-27,29-30,32-34H2,1-6H3,(H,69,79)(H,70,84)(H,72,81)(H,74,85)(H,75,86)(H,76,87)(H,77,80)(H,82,83)(H4,66,67,68)/b71-31+/t45-,46-,47-,48-,54-,65-/m0/s1. The summed E-state index contributed by atoms with van der Waals surface area (Å²) in [6.07, 6.45) is -0.202. The van der Waals surface area contributed by atoms with Gasteiger partial charge in [0.25, 0.3) is 5.56 Å². The largest absolute Gasteiger partial charge is 0.481 e. The highest BCUT2D eigenvalue weighted by atomic mass is 16.6. The van der Waals surface area contributed by atoms with Gasteiger partial charge in [-0.05, 0) is 74.8 Å². The topological polar surface area (TPSA) is 414 Å². The molecule has 5 heterocycles. The summed E-state index contributed by atoms with van der Waals surface area (Å²) in [5.74, 6) is -9.73. The van der Waals surface area contributed by atoms with Crippen molar-refractivity contribution in [2.45, 2.75) is 154 Å². The minimum Gasteiger partial charge on any atom is -0.481 e. The van der Waals surface area contributed by atoms with Crippen LogP contribution in [0.1, 0.15) is 119 Å². The molecule has 93 heavy (non-hydrogen) atoms. The number of carbonyl (C=O) groups excluding carboxylic acids is 9. The Hall–Kier alpha value is -10.5. The summed E-state index contributed by atoms with van der Waals surface area (Å²) in [6.45, 7) is 9.62. The number of nitrogens with zero attached hydrogens (tertiary/aromatic N) is 4. The number of amides is 7. The number of guanidine groups is 1. The Morgan fingerprint density at radius 2 is 1.43 bits per heavy atom. The van der Waals surface area contributed by atoms with Crippen LogP contribution in [0, 0.1) is 5.92 Å². The number of esters is 2. The van der Waals surface area contributed by atoms with Gasteiger partial charge in [-0.1, -0.05) is 98.7 Å². The number of pyridine rings is 2. The van der Waals surface area contributed by atoms with Crippen LogP contribution < -0.4 is 54.2 Å². The molecule has 0 aliphatic carbocycles. The molecule has 28 nitrogen and oxygen atoms in total. The number of hydrogen-bond acceptors (Lipinski definition) is 17. The predicted octanol–water partition coefficient (Wildman–Crippen LogP) is 1.40. The molecule has 0 unspecified atom stereocenters. The summed E-state index contributed by atoms with van der Waals surface area (Å²) in [7, 11) is 0. The van der Waals surface area contributed by atoms with E-state index in [-0.39, 0.29) is 88.3 Å². The summed E-state index contributed by atoms with van der Waals surface area (Å²) in [4.78, 5) is 165. The molecule has 5 aromatic rings. The Kier molecular flexibility index (Phi) is 22.1. The van der Waals surface area contributed by atoms with Gasteiger partial charge in [-0.2, -0.15) is 0 Å². The van der Waals surface area contributed by atoms with Gasteiger partial charge < -0.3 is 72.7 Å². The van der Waals surface area contributed by atoms with Crippen LogP contribution in [0.3, 0.4) is 0 Å². The van der Waals surface area contributed by atoms with Gasteiger partial charge in [0.1, 0.15) is 42.4 Å². The van der Waals surface area contributed by atoms with E-state index >= 15 is 0 Å². The third-order valence-corrected chi connectivity index (χ3v) is 15.7. The Labute approximate surface area is 534 Å². The number of hydrogen-bond donors (Lipinski definition) is 10. The van der Waals surface area contributed by atoms with Gasteiger partial charge in [0.2, 0.25) is 47.0 Å². The van der Waals surface area contributed by atoms with Crippen molar-refractivity contribution in [1.82, 2.24) is 46.8 Å². The molecule has 3 aromatic carbocycles. The molecule has 28 heteroatoms. The van der Waals surface area contributed by atoms with Crippen molar-refractivity contribution < 1.29 is 67.4 Å². The summed E-state index contributed by atoms with van der Waals surface area (Å²) >= 11 is 0. The molecule has 0 saturated carbocycles. The van der Waals surface area contributed by atoms with Gasteiger partial charge in [0.15, 0.2) is 5.96 Å².